The lowest BCUT2D eigenvalue weighted by Crippen LogP contribution is -2.43. The molecule has 34 heavy (non-hydrogen) atoms. The zero-order valence-electron chi connectivity index (χ0n) is 20.0. The van der Waals surface area contributed by atoms with Gasteiger partial charge >= 0.3 is 5.97 Å². The van der Waals surface area contributed by atoms with E-state index in [9.17, 15) is 9.59 Å². The number of hydrogen-bond acceptors (Lipinski definition) is 5. The van der Waals surface area contributed by atoms with Crippen molar-refractivity contribution < 1.29 is 14.3 Å². The largest absolute Gasteiger partial charge is 0.469 e. The summed E-state index contributed by atoms with van der Waals surface area (Å²) >= 11 is 0. The number of piperidine rings is 1. The first kappa shape index (κ1) is 25.3. The van der Waals surface area contributed by atoms with Crippen LogP contribution in [0.4, 0.5) is 5.69 Å². The van der Waals surface area contributed by atoms with E-state index >= 15 is 0 Å². The lowest BCUT2D eigenvalue weighted by atomic mass is 9.94. The van der Waals surface area contributed by atoms with E-state index in [1.165, 1.54) is 12.7 Å². The second kappa shape index (κ2) is 12.8. The van der Waals surface area contributed by atoms with Crippen molar-refractivity contribution >= 4 is 23.4 Å². The van der Waals surface area contributed by atoms with Crippen LogP contribution in [0, 0.1) is 11.3 Å². The molecule has 0 aliphatic carbocycles. The number of esters is 1. The van der Waals surface area contributed by atoms with Crippen LogP contribution in [0.25, 0.3) is 0 Å². The van der Waals surface area contributed by atoms with E-state index in [0.29, 0.717) is 31.5 Å². The number of carbonyl (C=O) groups is 2. The molecule has 182 valence electrons. The fourth-order valence-corrected chi connectivity index (χ4v) is 4.46. The van der Waals surface area contributed by atoms with Gasteiger partial charge in [0.15, 0.2) is 0 Å². The number of amides is 1. The standard InChI is InChI=1S/C27H36N4O3/c1-34-25(32)10-6-18-31(17-5-9-21-7-3-2-4-8-21)27(33)23-15-19-30(20-16-23)24-13-11-22(12-14-24)26(28)29/h2-4,7-8,11-14,23H,5-6,9-10,15-20H2,1H3,(H3,28,29). The molecule has 3 N–H and O–H groups in total. The first-order valence-electron chi connectivity index (χ1n) is 12.1. The molecule has 1 saturated heterocycles. The Morgan fingerprint density at radius 3 is 2.29 bits per heavy atom. The third kappa shape index (κ3) is 7.33. The molecular weight excluding hydrogens is 428 g/mol. The monoisotopic (exact) mass is 464 g/mol. The summed E-state index contributed by atoms with van der Waals surface area (Å²) in [5.74, 6) is 0.0308. The summed E-state index contributed by atoms with van der Waals surface area (Å²) in [4.78, 5) is 29.2. The summed E-state index contributed by atoms with van der Waals surface area (Å²) in [6.45, 7) is 2.91. The second-order valence-electron chi connectivity index (χ2n) is 8.82. The molecule has 2 aromatic carbocycles. The topological polar surface area (TPSA) is 99.7 Å². The molecule has 0 aromatic heterocycles. The number of aryl methyl sites for hydroxylation is 1. The third-order valence-corrected chi connectivity index (χ3v) is 6.47. The van der Waals surface area contributed by atoms with Crippen LogP contribution in [-0.2, 0) is 20.7 Å². The number of carbonyl (C=O) groups excluding carboxylic acids is 2. The van der Waals surface area contributed by atoms with Crippen molar-refractivity contribution in [2.45, 2.75) is 38.5 Å². The fraction of sp³-hybridized carbons (Fsp3) is 0.444. The molecule has 0 atom stereocenters. The Hall–Kier alpha value is -3.35. The quantitative estimate of drug-likeness (QED) is 0.301. The van der Waals surface area contributed by atoms with Gasteiger partial charge in [0.25, 0.3) is 0 Å². The number of amidine groups is 1. The van der Waals surface area contributed by atoms with Crippen molar-refractivity contribution in [2.75, 3.05) is 38.2 Å². The van der Waals surface area contributed by atoms with E-state index in [1.807, 2.05) is 47.4 Å². The van der Waals surface area contributed by atoms with Gasteiger partial charge in [-0.05, 0) is 61.9 Å². The van der Waals surface area contributed by atoms with Crippen LogP contribution < -0.4 is 10.6 Å². The minimum atomic E-state index is -0.235. The zero-order valence-corrected chi connectivity index (χ0v) is 20.0. The van der Waals surface area contributed by atoms with Gasteiger partial charge in [0, 0.05) is 49.8 Å². The predicted octanol–water partition coefficient (Wildman–Crippen LogP) is 3.60. The average Bonchev–Trinajstić information content (AvgIpc) is 2.88. The number of nitrogens with one attached hydrogen (secondary N) is 1. The maximum atomic E-state index is 13.4. The number of methoxy groups -OCH3 is 1. The van der Waals surface area contributed by atoms with Gasteiger partial charge < -0.3 is 20.3 Å². The summed E-state index contributed by atoms with van der Waals surface area (Å²) in [5.41, 5.74) is 8.63. The normalized spacial score (nSPS) is 14.0. The molecule has 1 aliphatic heterocycles. The molecule has 0 radical (unpaired) electrons. The van der Waals surface area contributed by atoms with Gasteiger partial charge in [-0.1, -0.05) is 30.3 Å². The van der Waals surface area contributed by atoms with Crippen molar-refractivity contribution in [2.24, 2.45) is 11.7 Å². The SMILES string of the molecule is COC(=O)CCCN(CCCc1ccccc1)C(=O)C1CCN(c2ccc(C(=N)N)cc2)CC1. The number of anilines is 1. The van der Waals surface area contributed by atoms with Gasteiger partial charge in [-0.2, -0.15) is 0 Å². The van der Waals surface area contributed by atoms with Crippen LogP contribution in [0.3, 0.4) is 0 Å². The fourth-order valence-electron chi connectivity index (χ4n) is 4.46. The Morgan fingerprint density at radius 2 is 1.68 bits per heavy atom. The zero-order chi connectivity index (χ0) is 24.3. The van der Waals surface area contributed by atoms with Gasteiger partial charge in [0.1, 0.15) is 5.84 Å². The molecule has 7 nitrogen and oxygen atoms in total. The van der Waals surface area contributed by atoms with Crippen molar-refractivity contribution in [3.8, 4) is 0 Å². The van der Waals surface area contributed by atoms with Crippen LogP contribution in [-0.4, -0.2) is 55.9 Å². The summed E-state index contributed by atoms with van der Waals surface area (Å²) in [5, 5.41) is 7.54. The lowest BCUT2D eigenvalue weighted by molar-refractivity contribution is -0.142. The van der Waals surface area contributed by atoms with E-state index in [-0.39, 0.29) is 23.6 Å². The average molecular weight is 465 g/mol. The number of rotatable bonds is 11. The Bertz CT molecular complexity index is 938. The highest BCUT2D eigenvalue weighted by Crippen LogP contribution is 2.25. The highest BCUT2D eigenvalue weighted by Gasteiger charge is 2.28. The van der Waals surface area contributed by atoms with E-state index < -0.39 is 0 Å². The maximum Gasteiger partial charge on any atom is 0.305 e. The Balaban J connectivity index is 1.55. The number of nitrogen functional groups attached to an aromatic ring is 1. The predicted molar refractivity (Wildman–Crippen MR) is 135 cm³/mol. The lowest BCUT2D eigenvalue weighted by Gasteiger charge is -2.35. The molecule has 0 unspecified atom stereocenters. The van der Waals surface area contributed by atoms with E-state index in [2.05, 4.69) is 17.0 Å². The van der Waals surface area contributed by atoms with E-state index in [4.69, 9.17) is 15.9 Å². The second-order valence-corrected chi connectivity index (χ2v) is 8.82. The Labute approximate surface area is 202 Å². The molecule has 1 fully saturated rings. The highest BCUT2D eigenvalue weighted by molar-refractivity contribution is 5.95. The molecule has 0 saturated carbocycles. The summed E-state index contributed by atoms with van der Waals surface area (Å²) < 4.78 is 4.76. The van der Waals surface area contributed by atoms with Gasteiger partial charge in [0.05, 0.1) is 7.11 Å². The van der Waals surface area contributed by atoms with Gasteiger partial charge in [0.2, 0.25) is 5.91 Å². The summed E-state index contributed by atoms with van der Waals surface area (Å²) in [7, 11) is 1.40. The molecule has 7 heteroatoms. The number of benzene rings is 2. The number of nitrogens with two attached hydrogens (primary N) is 1. The minimum Gasteiger partial charge on any atom is -0.469 e. The maximum absolute atomic E-state index is 13.4. The highest BCUT2D eigenvalue weighted by atomic mass is 16.5. The van der Waals surface area contributed by atoms with Gasteiger partial charge in [-0.25, -0.2) is 0 Å². The first-order valence-corrected chi connectivity index (χ1v) is 12.1. The van der Waals surface area contributed by atoms with Crippen LogP contribution >= 0.6 is 0 Å². The van der Waals surface area contributed by atoms with E-state index in [1.54, 1.807) is 0 Å². The van der Waals surface area contributed by atoms with Gasteiger partial charge in [-0.3, -0.25) is 15.0 Å². The Kier molecular flexibility index (Phi) is 9.50. The molecule has 1 amide bonds. The third-order valence-electron chi connectivity index (χ3n) is 6.47. The van der Waals surface area contributed by atoms with Gasteiger partial charge in [-0.15, -0.1) is 0 Å². The first-order chi connectivity index (χ1) is 16.5. The molecule has 3 rings (SSSR count). The smallest absolute Gasteiger partial charge is 0.305 e. The molecule has 0 spiro atoms. The summed E-state index contributed by atoms with van der Waals surface area (Å²) in [6, 6.07) is 18.0. The number of hydrogen-bond donors (Lipinski definition) is 2. The van der Waals surface area contributed by atoms with Crippen LogP contribution in [0.15, 0.2) is 54.6 Å². The van der Waals surface area contributed by atoms with Crippen molar-refractivity contribution in [3.05, 3.63) is 65.7 Å². The number of ether oxygens (including phenoxy) is 1. The van der Waals surface area contributed by atoms with Crippen molar-refractivity contribution in [1.82, 2.24) is 4.90 Å². The van der Waals surface area contributed by atoms with Crippen molar-refractivity contribution in [1.29, 1.82) is 5.41 Å². The Morgan fingerprint density at radius 1 is 1.03 bits per heavy atom. The van der Waals surface area contributed by atoms with Crippen LogP contribution in [0.5, 0.6) is 0 Å². The molecule has 1 aliphatic rings. The molecule has 1 heterocycles. The van der Waals surface area contributed by atoms with Crippen molar-refractivity contribution in [3.63, 3.8) is 0 Å². The van der Waals surface area contributed by atoms with E-state index in [0.717, 1.165) is 44.5 Å². The molecule has 0 bridgehead atoms. The minimum absolute atomic E-state index is 0.00240. The van der Waals surface area contributed by atoms with Crippen LogP contribution in [0.1, 0.15) is 43.2 Å². The van der Waals surface area contributed by atoms with Crippen LogP contribution in [0.2, 0.25) is 0 Å². The summed E-state index contributed by atoms with van der Waals surface area (Å²) in [6.07, 6.45) is 4.38. The molecule has 2 aromatic rings. The molecular formula is C27H36N4O3. The number of nitrogens with zero attached hydrogens (tertiary/aromatic N) is 2.